The summed E-state index contributed by atoms with van der Waals surface area (Å²) < 4.78 is 0. The van der Waals surface area contributed by atoms with Crippen molar-refractivity contribution in [3.8, 4) is 0 Å². The molecule has 0 aliphatic rings. The molecule has 14 heavy (non-hydrogen) atoms. The first-order chi connectivity index (χ1) is 6.53. The third-order valence-electron chi connectivity index (χ3n) is 2.45. The molecule has 2 nitrogen and oxygen atoms in total. The van der Waals surface area contributed by atoms with Gasteiger partial charge in [-0.1, -0.05) is 32.4 Å². The summed E-state index contributed by atoms with van der Waals surface area (Å²) in [6.45, 7) is 7.62. The molecule has 3 heteroatoms. The molecule has 0 radical (unpaired) electrons. The molecule has 78 valence electrons. The van der Waals surface area contributed by atoms with Gasteiger partial charge in [0.1, 0.15) is 5.15 Å². The zero-order valence-corrected chi connectivity index (χ0v) is 9.73. The van der Waals surface area contributed by atoms with Crippen LogP contribution in [0.4, 0.5) is 5.69 Å². The quantitative estimate of drug-likeness (QED) is 0.772. The predicted molar refractivity (Wildman–Crippen MR) is 61.8 cm³/mol. The second kappa shape index (κ2) is 4.65. The van der Waals surface area contributed by atoms with Crippen LogP contribution >= 0.6 is 11.6 Å². The van der Waals surface area contributed by atoms with Crippen LogP contribution in [0, 0.1) is 5.41 Å². The molecule has 0 saturated heterocycles. The Morgan fingerprint density at radius 3 is 2.79 bits per heavy atom. The second-order valence-corrected chi connectivity index (χ2v) is 4.63. The van der Waals surface area contributed by atoms with Crippen LogP contribution in [0.1, 0.15) is 27.2 Å². The number of pyridine rings is 1. The molecule has 0 unspecified atom stereocenters. The molecular formula is C11H17ClN2. The van der Waals surface area contributed by atoms with Crippen molar-refractivity contribution in [1.29, 1.82) is 0 Å². The van der Waals surface area contributed by atoms with E-state index in [1.807, 2.05) is 12.1 Å². The molecule has 1 aromatic heterocycles. The Morgan fingerprint density at radius 1 is 1.50 bits per heavy atom. The highest BCUT2D eigenvalue weighted by Crippen LogP contribution is 2.21. The number of hydrogen-bond acceptors (Lipinski definition) is 2. The van der Waals surface area contributed by atoms with Crippen LogP contribution in [-0.4, -0.2) is 11.5 Å². The number of aromatic nitrogens is 1. The maximum atomic E-state index is 5.78. The molecule has 1 N–H and O–H groups in total. The van der Waals surface area contributed by atoms with Crippen molar-refractivity contribution in [2.75, 3.05) is 11.9 Å². The van der Waals surface area contributed by atoms with Crippen LogP contribution in [0.3, 0.4) is 0 Å². The third kappa shape index (κ3) is 3.54. The van der Waals surface area contributed by atoms with Crippen LogP contribution in [0.5, 0.6) is 0 Å². The Morgan fingerprint density at radius 2 is 2.21 bits per heavy atom. The summed E-state index contributed by atoms with van der Waals surface area (Å²) in [6, 6.07) is 3.77. The minimum absolute atomic E-state index is 0.315. The van der Waals surface area contributed by atoms with Gasteiger partial charge in [-0.15, -0.1) is 0 Å². The zero-order valence-electron chi connectivity index (χ0n) is 8.97. The smallest absolute Gasteiger partial charge is 0.131 e. The van der Waals surface area contributed by atoms with Crippen molar-refractivity contribution in [3.05, 3.63) is 23.5 Å². The summed E-state index contributed by atoms with van der Waals surface area (Å²) in [7, 11) is 0. The molecule has 1 rings (SSSR count). The van der Waals surface area contributed by atoms with Gasteiger partial charge in [0, 0.05) is 18.4 Å². The average Bonchev–Trinajstić information content (AvgIpc) is 2.15. The van der Waals surface area contributed by atoms with E-state index in [4.69, 9.17) is 11.6 Å². The van der Waals surface area contributed by atoms with Gasteiger partial charge in [0.25, 0.3) is 0 Å². The van der Waals surface area contributed by atoms with Crippen molar-refractivity contribution in [3.63, 3.8) is 0 Å². The second-order valence-electron chi connectivity index (χ2n) is 4.24. The normalized spacial score (nSPS) is 11.4. The van der Waals surface area contributed by atoms with E-state index in [0.29, 0.717) is 10.6 Å². The summed E-state index contributed by atoms with van der Waals surface area (Å²) >= 11 is 5.78. The van der Waals surface area contributed by atoms with Crippen LogP contribution < -0.4 is 5.32 Å². The Bertz CT molecular complexity index is 297. The van der Waals surface area contributed by atoms with Gasteiger partial charge < -0.3 is 5.32 Å². The highest BCUT2D eigenvalue weighted by Gasteiger charge is 2.14. The minimum Gasteiger partial charge on any atom is -0.384 e. The summed E-state index contributed by atoms with van der Waals surface area (Å²) in [4.78, 5) is 3.93. The molecule has 0 atom stereocenters. The van der Waals surface area contributed by atoms with E-state index in [0.717, 1.165) is 18.7 Å². The first-order valence-electron chi connectivity index (χ1n) is 4.89. The van der Waals surface area contributed by atoms with E-state index in [1.165, 1.54) is 0 Å². The maximum absolute atomic E-state index is 5.78. The van der Waals surface area contributed by atoms with E-state index >= 15 is 0 Å². The van der Waals surface area contributed by atoms with E-state index < -0.39 is 0 Å². The molecule has 0 aromatic carbocycles. The lowest BCUT2D eigenvalue weighted by Gasteiger charge is -2.23. The van der Waals surface area contributed by atoms with E-state index in [2.05, 4.69) is 31.1 Å². The first-order valence-corrected chi connectivity index (χ1v) is 5.27. The Hall–Kier alpha value is -0.760. The van der Waals surface area contributed by atoms with Crippen molar-refractivity contribution in [2.24, 2.45) is 5.41 Å². The highest BCUT2D eigenvalue weighted by molar-refractivity contribution is 6.29. The maximum Gasteiger partial charge on any atom is 0.131 e. The minimum atomic E-state index is 0.315. The van der Waals surface area contributed by atoms with Crippen LogP contribution in [0.15, 0.2) is 18.3 Å². The molecule has 0 spiro atoms. The number of rotatable bonds is 4. The standard InChI is InChI=1S/C11H17ClN2/c1-4-11(2,3)8-14-9-5-6-13-10(12)7-9/h5-7H,4,8H2,1-3H3,(H,13,14). The lowest BCUT2D eigenvalue weighted by atomic mass is 9.90. The fourth-order valence-electron chi connectivity index (χ4n) is 0.979. The third-order valence-corrected chi connectivity index (χ3v) is 2.66. The Labute approximate surface area is 90.7 Å². The number of hydrogen-bond donors (Lipinski definition) is 1. The SMILES string of the molecule is CCC(C)(C)CNc1ccnc(Cl)c1. The molecular weight excluding hydrogens is 196 g/mol. The van der Waals surface area contributed by atoms with Crippen molar-refractivity contribution < 1.29 is 0 Å². The molecule has 0 amide bonds. The fraction of sp³-hybridized carbons (Fsp3) is 0.545. The molecule has 0 bridgehead atoms. The highest BCUT2D eigenvalue weighted by atomic mass is 35.5. The molecule has 0 aliphatic heterocycles. The Balaban J connectivity index is 2.54. The van der Waals surface area contributed by atoms with Crippen molar-refractivity contribution >= 4 is 17.3 Å². The van der Waals surface area contributed by atoms with Crippen molar-refractivity contribution in [2.45, 2.75) is 27.2 Å². The lowest BCUT2D eigenvalue weighted by molar-refractivity contribution is 0.377. The van der Waals surface area contributed by atoms with E-state index in [-0.39, 0.29) is 0 Å². The van der Waals surface area contributed by atoms with Gasteiger partial charge in [0.2, 0.25) is 0 Å². The van der Waals surface area contributed by atoms with E-state index in [9.17, 15) is 0 Å². The van der Waals surface area contributed by atoms with Crippen LogP contribution in [0.25, 0.3) is 0 Å². The monoisotopic (exact) mass is 212 g/mol. The summed E-state index contributed by atoms with van der Waals surface area (Å²) in [5.41, 5.74) is 1.35. The van der Waals surface area contributed by atoms with Gasteiger partial charge in [-0.25, -0.2) is 4.98 Å². The van der Waals surface area contributed by atoms with Crippen molar-refractivity contribution in [1.82, 2.24) is 4.98 Å². The van der Waals surface area contributed by atoms with Crippen LogP contribution in [0.2, 0.25) is 5.15 Å². The van der Waals surface area contributed by atoms with Gasteiger partial charge in [0.15, 0.2) is 0 Å². The number of anilines is 1. The van der Waals surface area contributed by atoms with E-state index in [1.54, 1.807) is 6.20 Å². The Kier molecular flexibility index (Phi) is 3.76. The molecule has 1 aromatic rings. The van der Waals surface area contributed by atoms with Gasteiger partial charge in [-0.2, -0.15) is 0 Å². The number of halogens is 1. The topological polar surface area (TPSA) is 24.9 Å². The summed E-state index contributed by atoms with van der Waals surface area (Å²) in [5, 5.41) is 3.88. The molecule has 0 fully saturated rings. The van der Waals surface area contributed by atoms with Gasteiger partial charge in [0.05, 0.1) is 0 Å². The van der Waals surface area contributed by atoms with Crippen LogP contribution in [-0.2, 0) is 0 Å². The first kappa shape index (κ1) is 11.3. The number of nitrogens with one attached hydrogen (secondary N) is 1. The molecule has 1 heterocycles. The lowest BCUT2D eigenvalue weighted by Crippen LogP contribution is -2.21. The largest absolute Gasteiger partial charge is 0.384 e. The molecule has 0 aliphatic carbocycles. The van der Waals surface area contributed by atoms with Gasteiger partial charge in [-0.05, 0) is 24.0 Å². The zero-order chi connectivity index (χ0) is 10.6. The fourth-order valence-corrected chi connectivity index (χ4v) is 1.15. The average molecular weight is 213 g/mol. The van der Waals surface area contributed by atoms with Gasteiger partial charge in [-0.3, -0.25) is 0 Å². The number of nitrogens with zero attached hydrogens (tertiary/aromatic N) is 1. The molecule has 0 saturated carbocycles. The summed E-state index contributed by atoms with van der Waals surface area (Å²) in [5.74, 6) is 0. The summed E-state index contributed by atoms with van der Waals surface area (Å²) in [6.07, 6.45) is 2.86. The van der Waals surface area contributed by atoms with Gasteiger partial charge >= 0.3 is 0 Å². The predicted octanol–water partition coefficient (Wildman–Crippen LogP) is 3.58.